The molecular formula is C20H17ClFN3O2. The molecule has 2 amide bonds. The van der Waals surface area contributed by atoms with E-state index in [0.29, 0.717) is 53.4 Å². The number of piperazine rings is 1. The van der Waals surface area contributed by atoms with E-state index in [1.54, 1.807) is 46.2 Å². The number of hydrogen-bond acceptors (Lipinski definition) is 2. The molecule has 4 rings (SSSR count). The SMILES string of the molecule is O=C(c1ccc(Cl)cc1)N1CCN(C(=O)c2cc3c(F)cccc3[nH]2)CC1. The first kappa shape index (κ1) is 17.5. The predicted molar refractivity (Wildman–Crippen MR) is 102 cm³/mol. The molecule has 0 unspecified atom stereocenters. The largest absolute Gasteiger partial charge is 0.350 e. The van der Waals surface area contributed by atoms with Gasteiger partial charge in [0.25, 0.3) is 11.8 Å². The van der Waals surface area contributed by atoms with Gasteiger partial charge in [-0.15, -0.1) is 0 Å². The summed E-state index contributed by atoms with van der Waals surface area (Å²) < 4.78 is 13.8. The van der Waals surface area contributed by atoms with Crippen LogP contribution in [0.3, 0.4) is 0 Å². The van der Waals surface area contributed by atoms with E-state index in [1.807, 2.05) is 0 Å². The molecule has 1 N–H and O–H groups in total. The molecular weight excluding hydrogens is 369 g/mol. The number of aromatic amines is 1. The van der Waals surface area contributed by atoms with Gasteiger partial charge in [-0.2, -0.15) is 0 Å². The highest BCUT2D eigenvalue weighted by Crippen LogP contribution is 2.20. The van der Waals surface area contributed by atoms with Gasteiger partial charge in [0.05, 0.1) is 0 Å². The molecule has 1 fully saturated rings. The second-order valence-electron chi connectivity index (χ2n) is 6.48. The van der Waals surface area contributed by atoms with Gasteiger partial charge in [-0.3, -0.25) is 9.59 Å². The van der Waals surface area contributed by atoms with Gasteiger partial charge in [0, 0.05) is 47.7 Å². The fourth-order valence-corrected chi connectivity index (χ4v) is 3.42. The zero-order chi connectivity index (χ0) is 19.0. The number of carbonyl (C=O) groups is 2. The Morgan fingerprint density at radius 1 is 0.926 bits per heavy atom. The smallest absolute Gasteiger partial charge is 0.270 e. The van der Waals surface area contributed by atoms with Crippen molar-refractivity contribution in [2.24, 2.45) is 0 Å². The minimum atomic E-state index is -0.360. The van der Waals surface area contributed by atoms with Crippen LogP contribution in [0.1, 0.15) is 20.8 Å². The molecule has 5 nitrogen and oxygen atoms in total. The molecule has 0 bridgehead atoms. The molecule has 138 valence electrons. The van der Waals surface area contributed by atoms with E-state index >= 15 is 0 Å². The molecule has 0 saturated carbocycles. The van der Waals surface area contributed by atoms with E-state index < -0.39 is 0 Å². The lowest BCUT2D eigenvalue weighted by Crippen LogP contribution is -2.50. The van der Waals surface area contributed by atoms with Gasteiger partial charge in [-0.25, -0.2) is 4.39 Å². The monoisotopic (exact) mass is 385 g/mol. The molecule has 1 aromatic heterocycles. The summed E-state index contributed by atoms with van der Waals surface area (Å²) in [5.41, 5.74) is 1.52. The molecule has 1 aliphatic rings. The summed E-state index contributed by atoms with van der Waals surface area (Å²) >= 11 is 5.86. The molecule has 0 radical (unpaired) electrons. The zero-order valence-corrected chi connectivity index (χ0v) is 15.2. The minimum Gasteiger partial charge on any atom is -0.350 e. The van der Waals surface area contributed by atoms with Gasteiger partial charge >= 0.3 is 0 Å². The lowest BCUT2D eigenvalue weighted by molar-refractivity contribution is 0.0533. The van der Waals surface area contributed by atoms with Crippen LogP contribution in [0.4, 0.5) is 4.39 Å². The molecule has 27 heavy (non-hydrogen) atoms. The van der Waals surface area contributed by atoms with Crippen LogP contribution in [0.15, 0.2) is 48.5 Å². The van der Waals surface area contributed by atoms with Gasteiger partial charge in [-0.05, 0) is 42.5 Å². The van der Waals surface area contributed by atoms with Crippen molar-refractivity contribution in [1.29, 1.82) is 0 Å². The van der Waals surface area contributed by atoms with E-state index in [-0.39, 0.29) is 17.6 Å². The molecule has 1 saturated heterocycles. The fourth-order valence-electron chi connectivity index (χ4n) is 3.29. The van der Waals surface area contributed by atoms with Crippen molar-refractivity contribution in [3.05, 3.63) is 70.6 Å². The first-order chi connectivity index (χ1) is 13.0. The van der Waals surface area contributed by atoms with Crippen molar-refractivity contribution in [2.75, 3.05) is 26.2 Å². The summed E-state index contributed by atoms with van der Waals surface area (Å²) in [5.74, 6) is -0.628. The number of fused-ring (bicyclic) bond motifs is 1. The third-order valence-corrected chi connectivity index (χ3v) is 5.04. The second-order valence-corrected chi connectivity index (χ2v) is 6.91. The van der Waals surface area contributed by atoms with Gasteiger partial charge < -0.3 is 14.8 Å². The Hall–Kier alpha value is -2.86. The van der Waals surface area contributed by atoms with Crippen molar-refractivity contribution in [2.45, 2.75) is 0 Å². The Labute approximate surface area is 160 Å². The number of H-pyrrole nitrogens is 1. The fraction of sp³-hybridized carbons (Fsp3) is 0.200. The Morgan fingerprint density at radius 2 is 1.56 bits per heavy atom. The van der Waals surface area contributed by atoms with Crippen LogP contribution in [0.2, 0.25) is 5.02 Å². The Balaban J connectivity index is 1.43. The standard InChI is InChI=1S/C20H17ClFN3O2/c21-14-6-4-13(5-7-14)19(26)24-8-10-25(11-9-24)20(27)18-12-15-16(22)2-1-3-17(15)23-18/h1-7,12,23H,8-11H2. The highest BCUT2D eigenvalue weighted by Gasteiger charge is 2.26. The number of aromatic nitrogens is 1. The first-order valence-corrected chi connectivity index (χ1v) is 9.02. The predicted octanol–water partition coefficient (Wildman–Crippen LogP) is 3.56. The summed E-state index contributed by atoms with van der Waals surface area (Å²) in [6.45, 7) is 1.75. The number of halogens is 2. The first-order valence-electron chi connectivity index (χ1n) is 8.64. The Bertz CT molecular complexity index is 1010. The molecule has 7 heteroatoms. The van der Waals surface area contributed by atoms with E-state index in [1.165, 1.54) is 12.1 Å². The molecule has 0 atom stereocenters. The molecule has 2 aromatic carbocycles. The highest BCUT2D eigenvalue weighted by molar-refractivity contribution is 6.30. The summed E-state index contributed by atoms with van der Waals surface area (Å²) in [7, 11) is 0. The molecule has 3 aromatic rings. The summed E-state index contributed by atoms with van der Waals surface area (Å²) in [6, 6.07) is 13.0. The maximum atomic E-state index is 13.8. The van der Waals surface area contributed by atoms with Crippen molar-refractivity contribution in [1.82, 2.24) is 14.8 Å². The highest BCUT2D eigenvalue weighted by atomic mass is 35.5. The molecule has 1 aliphatic heterocycles. The van der Waals surface area contributed by atoms with Crippen LogP contribution in [0.25, 0.3) is 10.9 Å². The minimum absolute atomic E-state index is 0.0774. The quantitative estimate of drug-likeness (QED) is 0.733. The number of carbonyl (C=O) groups excluding carboxylic acids is 2. The van der Waals surface area contributed by atoms with E-state index in [4.69, 9.17) is 11.6 Å². The molecule has 0 aliphatic carbocycles. The van der Waals surface area contributed by atoms with Crippen LogP contribution in [0, 0.1) is 5.82 Å². The lowest BCUT2D eigenvalue weighted by Gasteiger charge is -2.34. The number of benzene rings is 2. The van der Waals surface area contributed by atoms with Crippen molar-refractivity contribution in [3.63, 3.8) is 0 Å². The lowest BCUT2D eigenvalue weighted by atomic mass is 10.1. The van der Waals surface area contributed by atoms with Crippen molar-refractivity contribution >= 4 is 34.3 Å². The normalized spacial score (nSPS) is 14.6. The van der Waals surface area contributed by atoms with Crippen LogP contribution >= 0.6 is 11.6 Å². The third kappa shape index (κ3) is 3.40. The average Bonchev–Trinajstić information content (AvgIpc) is 3.13. The van der Waals surface area contributed by atoms with Gasteiger partial charge in [-0.1, -0.05) is 17.7 Å². The topological polar surface area (TPSA) is 56.4 Å². The third-order valence-electron chi connectivity index (χ3n) is 4.79. The molecule has 0 spiro atoms. The Kier molecular flexibility index (Phi) is 4.58. The summed E-state index contributed by atoms with van der Waals surface area (Å²) in [6.07, 6.45) is 0. The number of hydrogen-bond donors (Lipinski definition) is 1. The average molecular weight is 386 g/mol. The summed E-state index contributed by atoms with van der Waals surface area (Å²) in [4.78, 5) is 31.6. The zero-order valence-electron chi connectivity index (χ0n) is 14.4. The number of nitrogens with one attached hydrogen (secondary N) is 1. The number of nitrogens with zero attached hydrogens (tertiary/aromatic N) is 2. The maximum absolute atomic E-state index is 13.8. The van der Waals surface area contributed by atoms with Crippen molar-refractivity contribution in [3.8, 4) is 0 Å². The number of rotatable bonds is 2. The number of amides is 2. The van der Waals surface area contributed by atoms with E-state index in [0.717, 1.165) is 0 Å². The van der Waals surface area contributed by atoms with E-state index in [9.17, 15) is 14.0 Å². The van der Waals surface area contributed by atoms with Gasteiger partial charge in [0.1, 0.15) is 11.5 Å². The van der Waals surface area contributed by atoms with Gasteiger partial charge in [0.2, 0.25) is 0 Å². The van der Waals surface area contributed by atoms with Gasteiger partial charge in [0.15, 0.2) is 0 Å². The van der Waals surface area contributed by atoms with E-state index in [2.05, 4.69) is 4.98 Å². The van der Waals surface area contributed by atoms with Crippen molar-refractivity contribution < 1.29 is 14.0 Å². The van der Waals surface area contributed by atoms with Crippen LogP contribution in [-0.2, 0) is 0 Å². The summed E-state index contributed by atoms with van der Waals surface area (Å²) in [5, 5.41) is 0.981. The Morgan fingerprint density at radius 3 is 2.19 bits per heavy atom. The molecule has 2 heterocycles. The van der Waals surface area contributed by atoms with Crippen LogP contribution in [0.5, 0.6) is 0 Å². The van der Waals surface area contributed by atoms with Crippen LogP contribution < -0.4 is 0 Å². The second kappa shape index (κ2) is 7.04. The van der Waals surface area contributed by atoms with Crippen LogP contribution in [-0.4, -0.2) is 52.8 Å². The maximum Gasteiger partial charge on any atom is 0.270 e.